The molecule has 0 atom stereocenters. The first-order valence-corrected chi connectivity index (χ1v) is 13.4. The van der Waals surface area contributed by atoms with Crippen molar-refractivity contribution in [2.75, 3.05) is 13.2 Å². The third-order valence-electron chi connectivity index (χ3n) is 7.64. The van der Waals surface area contributed by atoms with Crippen molar-refractivity contribution >= 4 is 35.2 Å². The number of carbonyl (C=O) groups excluding carboxylic acids is 1. The van der Waals surface area contributed by atoms with Gasteiger partial charge < -0.3 is 19.4 Å². The number of alkyl carbamates (subject to hydrolysis) is 1. The Labute approximate surface area is 231 Å². The van der Waals surface area contributed by atoms with Crippen LogP contribution in [0.25, 0.3) is 17.2 Å². The largest absolute Gasteiger partial charge is 0.492 e. The molecule has 0 radical (unpaired) electrons. The van der Waals surface area contributed by atoms with Crippen LogP contribution in [0.4, 0.5) is 9.18 Å². The fraction of sp³-hybridized carbons (Fsp3) is 0.300. The van der Waals surface area contributed by atoms with Gasteiger partial charge in [-0.3, -0.25) is 0 Å². The van der Waals surface area contributed by atoms with Gasteiger partial charge in [-0.1, -0.05) is 70.5 Å². The Morgan fingerprint density at radius 1 is 1.00 bits per heavy atom. The van der Waals surface area contributed by atoms with E-state index in [1.54, 1.807) is 12.1 Å². The van der Waals surface area contributed by atoms with Crippen molar-refractivity contribution in [3.63, 3.8) is 0 Å². The number of amides is 1. The van der Waals surface area contributed by atoms with Crippen molar-refractivity contribution in [1.29, 1.82) is 0 Å². The zero-order chi connectivity index (χ0) is 27.1. The molecule has 1 amide bonds. The molecule has 1 aliphatic heterocycles. The lowest BCUT2D eigenvalue weighted by molar-refractivity contribution is 0.00578. The molecule has 5 rings (SSSR count). The molecule has 0 aromatic heterocycles. The van der Waals surface area contributed by atoms with Gasteiger partial charge in [-0.15, -0.1) is 0 Å². The van der Waals surface area contributed by atoms with E-state index in [2.05, 4.69) is 45.5 Å². The highest BCUT2D eigenvalue weighted by Crippen LogP contribution is 2.44. The number of halogens is 2. The summed E-state index contributed by atoms with van der Waals surface area (Å²) in [5, 5.41) is 2.84. The van der Waals surface area contributed by atoms with Crippen LogP contribution in [0.2, 0.25) is 0 Å². The molecular weight excluding hydrogens is 548 g/mol. The van der Waals surface area contributed by atoms with E-state index in [0.717, 1.165) is 11.1 Å². The monoisotopic (exact) mass is 577 g/mol. The van der Waals surface area contributed by atoms with Crippen LogP contribution in [0.1, 0.15) is 50.3 Å². The number of nitrogens with one attached hydrogen (secondary N) is 1. The Morgan fingerprint density at radius 3 is 2.18 bits per heavy atom. The van der Waals surface area contributed by atoms with Crippen molar-refractivity contribution in [3.8, 4) is 11.1 Å². The Kier molecular flexibility index (Phi) is 7.24. The van der Waals surface area contributed by atoms with E-state index >= 15 is 0 Å². The second-order valence-electron chi connectivity index (χ2n) is 10.7. The molecule has 1 aliphatic carbocycles. The van der Waals surface area contributed by atoms with Crippen LogP contribution in [0.15, 0.2) is 76.7 Å². The molecule has 1 fully saturated rings. The first kappa shape index (κ1) is 26.7. The second-order valence-corrected chi connectivity index (χ2v) is 11.5. The number of hydrogen-bond acceptors (Lipinski definition) is 4. The van der Waals surface area contributed by atoms with Crippen LogP contribution in [-0.4, -0.2) is 37.6 Å². The highest BCUT2D eigenvalue weighted by molar-refractivity contribution is 9.10. The molecule has 38 heavy (non-hydrogen) atoms. The standard InChI is InChI=1S/C30H30BBrFNO4/c1-29(2)30(3,4)38-31(37-29)20(15-19-16-21(33)13-14-27(19)32)17-34-28(35)36-18-26-24-11-7-5-9-22(24)23-10-6-8-12-25(23)26/h5-16,26H,17-18H2,1-4H3,(H,34,35). The Hall–Kier alpha value is -2.94. The first-order valence-electron chi connectivity index (χ1n) is 12.7. The molecule has 196 valence electrons. The molecule has 0 bridgehead atoms. The highest BCUT2D eigenvalue weighted by Gasteiger charge is 2.52. The van der Waals surface area contributed by atoms with E-state index in [0.29, 0.717) is 15.5 Å². The number of ether oxygens (including phenoxy) is 1. The Morgan fingerprint density at radius 2 is 1.58 bits per heavy atom. The predicted molar refractivity (Wildman–Crippen MR) is 151 cm³/mol. The zero-order valence-electron chi connectivity index (χ0n) is 21.9. The third kappa shape index (κ3) is 5.17. The van der Waals surface area contributed by atoms with Crippen LogP contribution in [0, 0.1) is 5.82 Å². The van der Waals surface area contributed by atoms with E-state index < -0.39 is 24.4 Å². The summed E-state index contributed by atoms with van der Waals surface area (Å²) in [5.74, 6) is -0.397. The average Bonchev–Trinajstić information content (AvgIpc) is 3.31. The summed E-state index contributed by atoms with van der Waals surface area (Å²) in [4.78, 5) is 12.9. The van der Waals surface area contributed by atoms with Crippen LogP contribution < -0.4 is 5.32 Å². The van der Waals surface area contributed by atoms with Crippen LogP contribution in [-0.2, 0) is 14.0 Å². The Balaban J connectivity index is 1.31. The maximum atomic E-state index is 14.0. The van der Waals surface area contributed by atoms with Gasteiger partial charge in [0, 0.05) is 16.9 Å². The van der Waals surface area contributed by atoms with E-state index in [1.165, 1.54) is 23.3 Å². The fourth-order valence-corrected chi connectivity index (χ4v) is 5.21. The maximum Gasteiger partial charge on any atom is 0.492 e. The van der Waals surface area contributed by atoms with Crippen molar-refractivity contribution in [1.82, 2.24) is 5.32 Å². The van der Waals surface area contributed by atoms with Gasteiger partial charge >= 0.3 is 13.2 Å². The molecule has 2 aliphatic rings. The molecular formula is C30H30BBrFNO4. The van der Waals surface area contributed by atoms with Gasteiger partial charge in [-0.05, 0) is 79.2 Å². The average molecular weight is 578 g/mol. The quantitative estimate of drug-likeness (QED) is 0.316. The molecule has 1 N–H and O–H groups in total. The van der Waals surface area contributed by atoms with Gasteiger partial charge in [0.2, 0.25) is 0 Å². The van der Waals surface area contributed by atoms with Gasteiger partial charge in [-0.25, -0.2) is 9.18 Å². The second kappa shape index (κ2) is 10.3. The minimum absolute atomic E-state index is 0.0329. The molecule has 3 aromatic carbocycles. The zero-order valence-corrected chi connectivity index (χ0v) is 23.5. The van der Waals surface area contributed by atoms with Crippen molar-refractivity contribution in [2.24, 2.45) is 0 Å². The van der Waals surface area contributed by atoms with Gasteiger partial charge in [0.25, 0.3) is 0 Å². The SMILES string of the molecule is CC1(C)OB(C(=Cc2cc(F)ccc2Br)CNC(=O)OCC2c3ccccc3-c3ccccc32)OC1(C)C. The van der Waals surface area contributed by atoms with Crippen LogP contribution >= 0.6 is 15.9 Å². The molecule has 0 spiro atoms. The van der Waals surface area contributed by atoms with E-state index in [9.17, 15) is 9.18 Å². The van der Waals surface area contributed by atoms with E-state index in [4.69, 9.17) is 14.0 Å². The molecule has 1 heterocycles. The molecule has 8 heteroatoms. The molecule has 3 aromatic rings. The van der Waals surface area contributed by atoms with Crippen molar-refractivity contribution in [2.45, 2.75) is 44.8 Å². The van der Waals surface area contributed by atoms with Gasteiger partial charge in [-0.2, -0.15) is 0 Å². The number of rotatable bonds is 6. The predicted octanol–water partition coefficient (Wildman–Crippen LogP) is 7.14. The molecule has 5 nitrogen and oxygen atoms in total. The third-order valence-corrected chi connectivity index (χ3v) is 8.36. The number of benzene rings is 3. The van der Waals surface area contributed by atoms with Crippen molar-refractivity contribution < 1.29 is 23.2 Å². The highest BCUT2D eigenvalue weighted by atomic mass is 79.9. The normalized spacial score (nSPS) is 17.7. The van der Waals surface area contributed by atoms with Gasteiger partial charge in [0.15, 0.2) is 0 Å². The van der Waals surface area contributed by atoms with Gasteiger partial charge in [0.05, 0.1) is 11.2 Å². The summed E-state index contributed by atoms with van der Waals surface area (Å²) in [6.45, 7) is 8.16. The lowest BCUT2D eigenvalue weighted by atomic mass is 9.77. The number of fused-ring (bicyclic) bond motifs is 3. The summed E-state index contributed by atoms with van der Waals surface area (Å²) in [5.41, 5.74) is 4.75. The topological polar surface area (TPSA) is 56.8 Å². The summed E-state index contributed by atoms with van der Waals surface area (Å²) < 4.78 is 32.9. The Bertz CT molecular complexity index is 1350. The van der Waals surface area contributed by atoms with Crippen LogP contribution in [0.3, 0.4) is 0 Å². The van der Waals surface area contributed by atoms with E-state index in [1.807, 2.05) is 52.0 Å². The van der Waals surface area contributed by atoms with Gasteiger partial charge in [0.1, 0.15) is 12.4 Å². The first-order chi connectivity index (χ1) is 18.1. The molecule has 0 unspecified atom stereocenters. The number of carbonyl (C=O) groups is 1. The molecule has 0 saturated carbocycles. The smallest absolute Gasteiger partial charge is 0.449 e. The fourth-order valence-electron chi connectivity index (χ4n) is 4.85. The summed E-state index contributed by atoms with van der Waals surface area (Å²) >= 11 is 3.48. The molecule has 1 saturated heterocycles. The lowest BCUT2D eigenvalue weighted by Gasteiger charge is -2.32. The van der Waals surface area contributed by atoms with E-state index in [-0.39, 0.29) is 24.9 Å². The van der Waals surface area contributed by atoms with Crippen molar-refractivity contribution in [3.05, 3.63) is 99.2 Å². The number of hydrogen-bond donors (Lipinski definition) is 1. The lowest BCUT2D eigenvalue weighted by Crippen LogP contribution is -2.41. The summed E-state index contributed by atoms with van der Waals surface area (Å²) in [6, 6.07) is 20.8. The van der Waals surface area contributed by atoms with Crippen LogP contribution in [0.5, 0.6) is 0 Å². The summed E-state index contributed by atoms with van der Waals surface area (Å²) in [7, 11) is -0.718. The minimum Gasteiger partial charge on any atom is -0.449 e. The minimum atomic E-state index is -0.718. The maximum absolute atomic E-state index is 14.0. The summed E-state index contributed by atoms with van der Waals surface area (Å²) in [6.07, 6.45) is 1.23.